The number of benzene rings is 3. The van der Waals surface area contributed by atoms with Gasteiger partial charge in [-0.05, 0) is 86.8 Å². The molecular formula is C31H38N2O3S. The van der Waals surface area contributed by atoms with Gasteiger partial charge < -0.3 is 5.32 Å². The summed E-state index contributed by atoms with van der Waals surface area (Å²) in [5, 5.41) is 3.09. The average Bonchev–Trinajstić information content (AvgIpc) is 2.90. The number of carbonyl (C=O) groups excluding carboxylic acids is 1. The van der Waals surface area contributed by atoms with Gasteiger partial charge in [0, 0.05) is 25.6 Å². The Balaban J connectivity index is 1.42. The van der Waals surface area contributed by atoms with Crippen LogP contribution in [0.25, 0.3) is 0 Å². The van der Waals surface area contributed by atoms with Crippen molar-refractivity contribution in [3.05, 3.63) is 101 Å². The third-order valence-corrected chi connectivity index (χ3v) is 9.45. The van der Waals surface area contributed by atoms with Crippen LogP contribution in [0.5, 0.6) is 0 Å². The summed E-state index contributed by atoms with van der Waals surface area (Å²) in [6, 6.07) is 23.0. The zero-order valence-corrected chi connectivity index (χ0v) is 22.9. The summed E-state index contributed by atoms with van der Waals surface area (Å²) < 4.78 is 29.1. The molecule has 37 heavy (non-hydrogen) atoms. The highest BCUT2D eigenvalue weighted by Gasteiger charge is 2.32. The molecule has 0 bridgehead atoms. The second-order valence-corrected chi connectivity index (χ2v) is 12.3. The molecule has 1 N–H and O–H groups in total. The van der Waals surface area contributed by atoms with E-state index in [4.69, 9.17) is 0 Å². The van der Waals surface area contributed by atoms with Crippen LogP contribution >= 0.6 is 0 Å². The molecular weight excluding hydrogens is 480 g/mol. The van der Waals surface area contributed by atoms with Gasteiger partial charge in [0.1, 0.15) is 0 Å². The van der Waals surface area contributed by atoms with E-state index in [1.54, 1.807) is 28.6 Å². The molecule has 0 unspecified atom stereocenters. The fourth-order valence-corrected chi connectivity index (χ4v) is 6.70. The molecule has 3 aromatic rings. The SMILES string of the molecule is Cc1ccc(CNC(=O)[C@H]2CC[C@H](CN(Cc3c(C)cccc3C)S(=O)(=O)c3ccccc3)CC2)cc1. The fraction of sp³-hybridized carbons (Fsp3) is 0.387. The Morgan fingerprint density at radius 2 is 1.46 bits per heavy atom. The molecule has 1 amide bonds. The first-order chi connectivity index (χ1) is 17.7. The third kappa shape index (κ3) is 6.88. The number of hydrogen-bond acceptors (Lipinski definition) is 3. The van der Waals surface area contributed by atoms with Crippen molar-refractivity contribution in [1.82, 2.24) is 9.62 Å². The highest BCUT2D eigenvalue weighted by atomic mass is 32.2. The van der Waals surface area contributed by atoms with Gasteiger partial charge in [0.2, 0.25) is 15.9 Å². The maximum absolute atomic E-state index is 13.7. The second-order valence-electron chi connectivity index (χ2n) is 10.4. The van der Waals surface area contributed by atoms with E-state index >= 15 is 0 Å². The number of nitrogens with one attached hydrogen (secondary N) is 1. The van der Waals surface area contributed by atoms with Crippen LogP contribution in [0.15, 0.2) is 77.7 Å². The first-order valence-corrected chi connectivity index (χ1v) is 14.6. The van der Waals surface area contributed by atoms with Crippen molar-refractivity contribution in [1.29, 1.82) is 0 Å². The topological polar surface area (TPSA) is 66.5 Å². The summed E-state index contributed by atoms with van der Waals surface area (Å²) >= 11 is 0. The van der Waals surface area contributed by atoms with Gasteiger partial charge in [-0.15, -0.1) is 0 Å². The van der Waals surface area contributed by atoms with Gasteiger partial charge in [-0.2, -0.15) is 4.31 Å². The van der Waals surface area contributed by atoms with Gasteiger partial charge in [-0.3, -0.25) is 4.79 Å². The molecule has 0 radical (unpaired) electrons. The van der Waals surface area contributed by atoms with E-state index in [0.29, 0.717) is 24.5 Å². The van der Waals surface area contributed by atoms with Crippen molar-refractivity contribution in [3.8, 4) is 0 Å². The third-order valence-electron chi connectivity index (χ3n) is 7.63. The summed E-state index contributed by atoms with van der Waals surface area (Å²) in [5.74, 6) is 0.312. The van der Waals surface area contributed by atoms with Crippen LogP contribution in [0.1, 0.15) is 53.5 Å². The quantitative estimate of drug-likeness (QED) is 0.382. The molecule has 1 fully saturated rings. The Hall–Kier alpha value is -2.96. The first-order valence-electron chi connectivity index (χ1n) is 13.2. The van der Waals surface area contributed by atoms with Crippen molar-refractivity contribution in [2.45, 2.75) is 64.4 Å². The summed E-state index contributed by atoms with van der Waals surface area (Å²) in [7, 11) is -3.65. The number of nitrogens with zero attached hydrogens (tertiary/aromatic N) is 1. The van der Waals surface area contributed by atoms with E-state index in [9.17, 15) is 13.2 Å². The Bertz CT molecular complexity index is 1280. The Morgan fingerprint density at radius 3 is 2.08 bits per heavy atom. The maximum Gasteiger partial charge on any atom is 0.243 e. The number of aryl methyl sites for hydroxylation is 3. The number of hydrogen-bond donors (Lipinski definition) is 1. The van der Waals surface area contributed by atoms with E-state index < -0.39 is 10.0 Å². The number of rotatable bonds is 9. The molecule has 0 spiro atoms. The predicted octanol–water partition coefficient (Wildman–Crippen LogP) is 5.93. The largest absolute Gasteiger partial charge is 0.352 e. The fourth-order valence-electron chi connectivity index (χ4n) is 5.20. The molecule has 196 valence electrons. The van der Waals surface area contributed by atoms with Crippen LogP contribution in [-0.2, 0) is 27.9 Å². The number of amides is 1. The number of carbonyl (C=O) groups is 1. The molecule has 1 aliphatic rings. The maximum atomic E-state index is 13.7. The van der Waals surface area contributed by atoms with Crippen LogP contribution in [0, 0.1) is 32.6 Å². The summed E-state index contributed by atoms with van der Waals surface area (Å²) in [6.07, 6.45) is 3.26. The smallest absolute Gasteiger partial charge is 0.243 e. The van der Waals surface area contributed by atoms with Gasteiger partial charge in [-0.25, -0.2) is 8.42 Å². The van der Waals surface area contributed by atoms with E-state index in [2.05, 4.69) is 24.4 Å². The first kappa shape index (κ1) is 27.1. The van der Waals surface area contributed by atoms with Gasteiger partial charge in [0.05, 0.1) is 4.90 Å². The van der Waals surface area contributed by atoms with Crippen molar-refractivity contribution < 1.29 is 13.2 Å². The van der Waals surface area contributed by atoms with Crippen molar-refractivity contribution in [2.75, 3.05) is 6.54 Å². The molecule has 4 rings (SSSR count). The zero-order valence-electron chi connectivity index (χ0n) is 22.1. The average molecular weight is 519 g/mol. The highest BCUT2D eigenvalue weighted by molar-refractivity contribution is 7.89. The Labute approximate surface area is 222 Å². The van der Waals surface area contributed by atoms with Crippen LogP contribution in [-0.4, -0.2) is 25.2 Å². The lowest BCUT2D eigenvalue weighted by Crippen LogP contribution is -2.38. The summed E-state index contributed by atoms with van der Waals surface area (Å²) in [5.41, 5.74) is 5.56. The monoisotopic (exact) mass is 518 g/mol. The lowest BCUT2D eigenvalue weighted by molar-refractivity contribution is -0.126. The standard InChI is InChI=1S/C31H38N2O3S/c1-23-12-14-26(15-13-23)20-32-31(34)28-18-16-27(17-19-28)21-33(22-30-24(2)8-7-9-25(30)3)37(35,36)29-10-5-4-6-11-29/h4-15,27-28H,16-22H2,1-3H3,(H,32,34)/t27-,28-. The van der Waals surface area contributed by atoms with Crippen LogP contribution < -0.4 is 5.32 Å². The van der Waals surface area contributed by atoms with Gasteiger partial charge >= 0.3 is 0 Å². The minimum atomic E-state index is -3.65. The molecule has 6 heteroatoms. The van der Waals surface area contributed by atoms with Gasteiger partial charge in [-0.1, -0.05) is 66.2 Å². The van der Waals surface area contributed by atoms with Crippen molar-refractivity contribution in [2.24, 2.45) is 11.8 Å². The van der Waals surface area contributed by atoms with E-state index in [-0.39, 0.29) is 17.7 Å². The molecule has 0 saturated heterocycles. The van der Waals surface area contributed by atoms with E-state index in [1.807, 2.05) is 50.2 Å². The lowest BCUT2D eigenvalue weighted by Gasteiger charge is -2.32. The summed E-state index contributed by atoms with van der Waals surface area (Å²) in [4.78, 5) is 13.1. The molecule has 1 saturated carbocycles. The van der Waals surface area contributed by atoms with Crippen LogP contribution in [0.2, 0.25) is 0 Å². The summed E-state index contributed by atoms with van der Waals surface area (Å²) in [6.45, 7) is 7.48. The molecule has 1 aliphatic carbocycles. The zero-order chi connectivity index (χ0) is 26.4. The van der Waals surface area contributed by atoms with E-state index in [0.717, 1.165) is 47.9 Å². The minimum absolute atomic E-state index is 0.0144. The van der Waals surface area contributed by atoms with Gasteiger partial charge in [0.15, 0.2) is 0 Å². The second kappa shape index (κ2) is 12.1. The molecule has 0 heterocycles. The normalized spacial score (nSPS) is 18.1. The predicted molar refractivity (Wildman–Crippen MR) is 148 cm³/mol. The van der Waals surface area contributed by atoms with Crippen molar-refractivity contribution in [3.63, 3.8) is 0 Å². The Morgan fingerprint density at radius 1 is 0.838 bits per heavy atom. The number of sulfonamides is 1. The minimum Gasteiger partial charge on any atom is -0.352 e. The van der Waals surface area contributed by atoms with Crippen molar-refractivity contribution >= 4 is 15.9 Å². The highest BCUT2D eigenvalue weighted by Crippen LogP contribution is 2.32. The Kier molecular flexibility index (Phi) is 8.83. The van der Waals surface area contributed by atoms with Crippen LogP contribution in [0.4, 0.5) is 0 Å². The molecule has 0 atom stereocenters. The van der Waals surface area contributed by atoms with E-state index in [1.165, 1.54) is 5.56 Å². The van der Waals surface area contributed by atoms with Crippen LogP contribution in [0.3, 0.4) is 0 Å². The van der Waals surface area contributed by atoms with Gasteiger partial charge in [0.25, 0.3) is 0 Å². The molecule has 0 aliphatic heterocycles. The lowest BCUT2D eigenvalue weighted by atomic mass is 9.81. The molecule has 3 aromatic carbocycles. The molecule has 0 aromatic heterocycles. The molecule has 5 nitrogen and oxygen atoms in total.